The first kappa shape index (κ1) is 10.4. The Morgan fingerprint density at radius 2 is 1.85 bits per heavy atom. The molecule has 1 amide bonds. The summed E-state index contributed by atoms with van der Waals surface area (Å²) in [6.07, 6.45) is -0.0546. The second-order valence-corrected chi connectivity index (χ2v) is 3.05. The fraction of sp³-hybridized carbons (Fsp3) is 0.875. The monoisotopic (exact) mass is 188 g/mol. The number of hydrogen-bond donors (Lipinski definition) is 1. The van der Waals surface area contributed by atoms with Gasteiger partial charge in [-0.25, -0.2) is 0 Å². The third-order valence-corrected chi connectivity index (χ3v) is 2.35. The average Bonchev–Trinajstić information content (AvgIpc) is 2.59. The van der Waals surface area contributed by atoms with Crippen LogP contribution in [0.4, 0.5) is 0 Å². The van der Waals surface area contributed by atoms with E-state index >= 15 is 0 Å². The van der Waals surface area contributed by atoms with E-state index < -0.39 is 0 Å². The van der Waals surface area contributed by atoms with Crippen LogP contribution in [0, 0.1) is 0 Å². The highest BCUT2D eigenvalue weighted by Gasteiger charge is 2.34. The fourth-order valence-corrected chi connectivity index (χ4v) is 1.53. The highest BCUT2D eigenvalue weighted by molar-refractivity contribution is 5.78. The largest absolute Gasteiger partial charge is 0.377 e. The van der Waals surface area contributed by atoms with E-state index in [1.165, 1.54) is 0 Å². The number of methoxy groups -OCH3 is 2. The van der Waals surface area contributed by atoms with Crippen molar-refractivity contribution in [1.29, 1.82) is 0 Å². The number of carbonyl (C=O) groups is 1. The molecular formula is C8H16N2O3. The van der Waals surface area contributed by atoms with E-state index in [1.807, 2.05) is 0 Å². The zero-order chi connectivity index (χ0) is 9.84. The van der Waals surface area contributed by atoms with Gasteiger partial charge in [0.2, 0.25) is 5.91 Å². The molecule has 1 heterocycles. The molecule has 1 fully saturated rings. The maximum absolute atomic E-state index is 11.2. The van der Waals surface area contributed by atoms with E-state index in [0.717, 1.165) is 0 Å². The minimum atomic E-state index is -0.0541. The lowest BCUT2D eigenvalue weighted by atomic mass is 10.3. The van der Waals surface area contributed by atoms with Gasteiger partial charge in [0.1, 0.15) is 12.2 Å². The van der Waals surface area contributed by atoms with Gasteiger partial charge in [-0.1, -0.05) is 0 Å². The summed E-state index contributed by atoms with van der Waals surface area (Å²) in [5.74, 6) is -0.0541. The van der Waals surface area contributed by atoms with E-state index in [2.05, 4.69) is 0 Å². The van der Waals surface area contributed by atoms with Crippen LogP contribution in [-0.2, 0) is 14.3 Å². The van der Waals surface area contributed by atoms with Gasteiger partial charge in [-0.3, -0.25) is 4.79 Å². The molecule has 1 saturated heterocycles. The van der Waals surface area contributed by atoms with Gasteiger partial charge < -0.3 is 20.1 Å². The molecule has 2 atom stereocenters. The van der Waals surface area contributed by atoms with Crippen LogP contribution in [0.15, 0.2) is 0 Å². The molecule has 0 saturated carbocycles. The molecule has 5 heteroatoms. The lowest BCUT2D eigenvalue weighted by molar-refractivity contribution is -0.129. The molecule has 0 aliphatic carbocycles. The molecule has 1 rings (SSSR count). The second kappa shape index (κ2) is 4.55. The normalized spacial score (nSPS) is 28.1. The third-order valence-electron chi connectivity index (χ3n) is 2.35. The molecule has 0 unspecified atom stereocenters. The Bertz CT molecular complexity index is 174. The Hall–Kier alpha value is -0.650. The molecule has 0 spiro atoms. The molecular weight excluding hydrogens is 172 g/mol. The van der Waals surface area contributed by atoms with Crippen molar-refractivity contribution in [2.24, 2.45) is 5.73 Å². The van der Waals surface area contributed by atoms with Crippen molar-refractivity contribution in [2.75, 3.05) is 33.9 Å². The van der Waals surface area contributed by atoms with E-state index in [0.29, 0.717) is 13.1 Å². The zero-order valence-electron chi connectivity index (χ0n) is 8.03. The van der Waals surface area contributed by atoms with Crippen molar-refractivity contribution in [2.45, 2.75) is 12.2 Å². The smallest absolute Gasteiger partial charge is 0.236 e. The zero-order valence-corrected chi connectivity index (χ0v) is 8.03. The van der Waals surface area contributed by atoms with Gasteiger partial charge in [-0.2, -0.15) is 0 Å². The lowest BCUT2D eigenvalue weighted by Crippen LogP contribution is -2.35. The summed E-state index contributed by atoms with van der Waals surface area (Å²) in [7, 11) is 3.24. The van der Waals surface area contributed by atoms with Gasteiger partial charge in [0.05, 0.1) is 6.54 Å². The first-order valence-corrected chi connectivity index (χ1v) is 4.26. The summed E-state index contributed by atoms with van der Waals surface area (Å²) >= 11 is 0. The van der Waals surface area contributed by atoms with Gasteiger partial charge in [0, 0.05) is 27.3 Å². The van der Waals surface area contributed by atoms with Crippen LogP contribution < -0.4 is 5.73 Å². The number of likely N-dealkylation sites (tertiary alicyclic amines) is 1. The summed E-state index contributed by atoms with van der Waals surface area (Å²) in [5.41, 5.74) is 5.25. The van der Waals surface area contributed by atoms with Crippen LogP contribution >= 0.6 is 0 Å². The van der Waals surface area contributed by atoms with Crippen LogP contribution in [0.25, 0.3) is 0 Å². The number of nitrogens with zero attached hydrogens (tertiary/aromatic N) is 1. The summed E-state index contributed by atoms with van der Waals surface area (Å²) in [6, 6.07) is 0. The SMILES string of the molecule is CO[C@H]1CN(C(=O)CN)C[C@@H]1OC. The highest BCUT2D eigenvalue weighted by Crippen LogP contribution is 2.15. The molecule has 5 nitrogen and oxygen atoms in total. The molecule has 2 N–H and O–H groups in total. The summed E-state index contributed by atoms with van der Waals surface area (Å²) in [6.45, 7) is 1.20. The maximum Gasteiger partial charge on any atom is 0.236 e. The Morgan fingerprint density at radius 3 is 2.15 bits per heavy atom. The van der Waals surface area contributed by atoms with Crippen LogP contribution in [0.2, 0.25) is 0 Å². The Balaban J connectivity index is 2.52. The molecule has 0 aromatic heterocycles. The number of amides is 1. The van der Waals surface area contributed by atoms with E-state index in [4.69, 9.17) is 15.2 Å². The summed E-state index contributed by atoms with van der Waals surface area (Å²) in [5, 5.41) is 0. The molecule has 0 aromatic carbocycles. The highest BCUT2D eigenvalue weighted by atomic mass is 16.5. The van der Waals surface area contributed by atoms with E-state index in [-0.39, 0.29) is 24.7 Å². The van der Waals surface area contributed by atoms with Crippen molar-refractivity contribution in [3.05, 3.63) is 0 Å². The van der Waals surface area contributed by atoms with Gasteiger partial charge >= 0.3 is 0 Å². The Labute approximate surface area is 77.8 Å². The van der Waals surface area contributed by atoms with Gasteiger partial charge in [-0.05, 0) is 0 Å². The second-order valence-electron chi connectivity index (χ2n) is 3.05. The van der Waals surface area contributed by atoms with Crippen LogP contribution in [0.5, 0.6) is 0 Å². The average molecular weight is 188 g/mol. The molecule has 0 aromatic rings. The molecule has 1 aliphatic heterocycles. The van der Waals surface area contributed by atoms with Gasteiger partial charge in [0.25, 0.3) is 0 Å². The van der Waals surface area contributed by atoms with Crippen molar-refractivity contribution in [3.63, 3.8) is 0 Å². The van der Waals surface area contributed by atoms with Crippen molar-refractivity contribution in [1.82, 2.24) is 4.90 Å². The standard InChI is InChI=1S/C8H16N2O3/c1-12-6-4-10(8(11)3-9)5-7(6)13-2/h6-7H,3-5,9H2,1-2H3/t6-,7-/m0/s1. The van der Waals surface area contributed by atoms with Gasteiger partial charge in [0.15, 0.2) is 0 Å². The molecule has 13 heavy (non-hydrogen) atoms. The lowest BCUT2D eigenvalue weighted by Gasteiger charge is -2.13. The summed E-state index contributed by atoms with van der Waals surface area (Å²) < 4.78 is 10.4. The predicted molar refractivity (Wildman–Crippen MR) is 47.2 cm³/mol. The quantitative estimate of drug-likeness (QED) is 0.605. The summed E-state index contributed by atoms with van der Waals surface area (Å²) in [4.78, 5) is 12.9. The molecule has 0 radical (unpaired) electrons. The number of ether oxygens (including phenoxy) is 2. The van der Waals surface area contributed by atoms with Gasteiger partial charge in [-0.15, -0.1) is 0 Å². The fourth-order valence-electron chi connectivity index (χ4n) is 1.53. The van der Waals surface area contributed by atoms with Crippen molar-refractivity contribution in [3.8, 4) is 0 Å². The predicted octanol–water partition coefficient (Wildman–Crippen LogP) is -1.18. The number of rotatable bonds is 3. The molecule has 0 bridgehead atoms. The minimum absolute atomic E-state index is 0.0273. The van der Waals surface area contributed by atoms with E-state index in [1.54, 1.807) is 19.1 Å². The van der Waals surface area contributed by atoms with Crippen LogP contribution in [0.3, 0.4) is 0 Å². The third kappa shape index (κ3) is 2.18. The maximum atomic E-state index is 11.2. The molecule has 76 valence electrons. The topological polar surface area (TPSA) is 64.8 Å². The van der Waals surface area contributed by atoms with Crippen LogP contribution in [0.1, 0.15) is 0 Å². The van der Waals surface area contributed by atoms with Crippen molar-refractivity contribution >= 4 is 5.91 Å². The molecule has 1 aliphatic rings. The van der Waals surface area contributed by atoms with E-state index in [9.17, 15) is 4.79 Å². The first-order chi connectivity index (χ1) is 6.22. The van der Waals surface area contributed by atoms with Crippen molar-refractivity contribution < 1.29 is 14.3 Å². The Kier molecular flexibility index (Phi) is 3.65. The Morgan fingerprint density at radius 1 is 1.38 bits per heavy atom. The first-order valence-electron chi connectivity index (χ1n) is 4.26. The number of nitrogens with two attached hydrogens (primary N) is 1. The number of hydrogen-bond acceptors (Lipinski definition) is 4. The van der Waals surface area contributed by atoms with Crippen LogP contribution in [-0.4, -0.2) is 56.9 Å². The number of carbonyl (C=O) groups excluding carboxylic acids is 1. The minimum Gasteiger partial charge on any atom is -0.377 e.